The molecule has 0 unspecified atom stereocenters. The van der Waals surface area contributed by atoms with E-state index in [0.29, 0.717) is 0 Å². The van der Waals surface area contributed by atoms with Crippen LogP contribution in [-0.4, -0.2) is 23.0 Å². The maximum absolute atomic E-state index is 11.7. The van der Waals surface area contributed by atoms with E-state index >= 15 is 0 Å². The summed E-state index contributed by atoms with van der Waals surface area (Å²) in [5.74, 6) is -0.426. The number of non-ortho nitro benzene ring substituents is 1. The number of nitro benzene ring substituents is 1. The number of hydrogen-bond donors (Lipinski definition) is 1. The monoisotopic (exact) mass is 277 g/mol. The Morgan fingerprint density at radius 1 is 1.50 bits per heavy atom. The molecule has 0 fully saturated rings. The number of nitrogens with one attached hydrogen (secondary N) is 1. The van der Waals surface area contributed by atoms with E-state index in [1.807, 2.05) is 26.8 Å². The van der Waals surface area contributed by atoms with Crippen LogP contribution < -0.4 is 5.32 Å². The van der Waals surface area contributed by atoms with Gasteiger partial charge in [0.2, 0.25) is 5.91 Å². The molecule has 1 aromatic rings. The summed E-state index contributed by atoms with van der Waals surface area (Å²) in [6.45, 7) is 5.28. The normalized spacial score (nSPS) is 10.7. The van der Waals surface area contributed by atoms with E-state index < -0.39 is 16.4 Å². The van der Waals surface area contributed by atoms with Crippen molar-refractivity contribution in [3.63, 3.8) is 0 Å². The van der Waals surface area contributed by atoms with Gasteiger partial charge in [0.05, 0.1) is 21.8 Å². The average Bonchev–Trinajstić information content (AvgIpc) is 2.35. The van der Waals surface area contributed by atoms with E-state index in [-0.39, 0.29) is 23.5 Å². The zero-order valence-electron chi connectivity index (χ0n) is 11.5. The molecule has 0 bridgehead atoms. The minimum absolute atomic E-state index is 0.0308. The Balaban J connectivity index is 2.80. The second kappa shape index (κ2) is 6.12. The lowest BCUT2D eigenvalue weighted by atomic mass is 10.1. The number of ether oxygens (including phenoxy) is 1. The van der Waals surface area contributed by atoms with E-state index in [0.717, 1.165) is 6.07 Å². The minimum Gasteiger partial charge on any atom is -0.366 e. The van der Waals surface area contributed by atoms with Crippen molar-refractivity contribution in [3.05, 3.63) is 33.9 Å². The first kappa shape index (κ1) is 15.6. The van der Waals surface area contributed by atoms with Gasteiger partial charge in [0.25, 0.3) is 5.69 Å². The molecule has 7 nitrogen and oxygen atoms in total. The Kier molecular flexibility index (Phi) is 4.78. The van der Waals surface area contributed by atoms with Gasteiger partial charge in [-0.15, -0.1) is 0 Å². The van der Waals surface area contributed by atoms with Crippen LogP contribution in [0.25, 0.3) is 0 Å². The standard InChI is InChI=1S/C13H15N3O4/c1-13(2,3)20-8-12(17)15-11-5-4-10(16(18)19)6-9(11)7-14/h4-6H,8H2,1-3H3,(H,15,17). The van der Waals surface area contributed by atoms with Crippen molar-refractivity contribution >= 4 is 17.3 Å². The Labute approximate surface area is 116 Å². The summed E-state index contributed by atoms with van der Waals surface area (Å²) in [5, 5.41) is 22.0. The molecule has 1 N–H and O–H groups in total. The zero-order valence-corrected chi connectivity index (χ0v) is 11.5. The number of rotatable bonds is 4. The molecule has 0 aliphatic rings. The predicted molar refractivity (Wildman–Crippen MR) is 72.1 cm³/mol. The van der Waals surface area contributed by atoms with E-state index in [2.05, 4.69) is 5.32 Å². The fourth-order valence-corrected chi connectivity index (χ4v) is 1.32. The molecule has 0 saturated carbocycles. The molecule has 0 radical (unpaired) electrons. The van der Waals surface area contributed by atoms with Gasteiger partial charge < -0.3 is 10.1 Å². The van der Waals surface area contributed by atoms with Gasteiger partial charge in [0.15, 0.2) is 0 Å². The van der Waals surface area contributed by atoms with Gasteiger partial charge in [0, 0.05) is 12.1 Å². The van der Waals surface area contributed by atoms with Crippen LogP contribution in [0.15, 0.2) is 18.2 Å². The van der Waals surface area contributed by atoms with Crippen molar-refractivity contribution in [1.82, 2.24) is 0 Å². The summed E-state index contributed by atoms with van der Waals surface area (Å²) in [7, 11) is 0. The number of nitriles is 1. The van der Waals surface area contributed by atoms with Gasteiger partial charge in [-0.25, -0.2) is 0 Å². The summed E-state index contributed by atoms with van der Waals surface area (Å²) < 4.78 is 5.30. The van der Waals surface area contributed by atoms with E-state index in [9.17, 15) is 14.9 Å². The predicted octanol–water partition coefficient (Wildman–Crippen LogP) is 2.22. The number of hydrogen-bond acceptors (Lipinski definition) is 5. The van der Waals surface area contributed by atoms with Crippen LogP contribution in [0.2, 0.25) is 0 Å². The number of carbonyl (C=O) groups excluding carboxylic acids is 1. The molecule has 0 spiro atoms. The lowest BCUT2D eigenvalue weighted by Gasteiger charge is -2.19. The zero-order chi connectivity index (χ0) is 15.3. The van der Waals surface area contributed by atoms with E-state index in [1.165, 1.54) is 12.1 Å². The summed E-state index contributed by atoms with van der Waals surface area (Å²) >= 11 is 0. The molecule has 106 valence electrons. The summed E-state index contributed by atoms with van der Waals surface area (Å²) in [5.41, 5.74) is -0.403. The Morgan fingerprint density at radius 2 is 2.15 bits per heavy atom. The highest BCUT2D eigenvalue weighted by Gasteiger charge is 2.15. The summed E-state index contributed by atoms with van der Waals surface area (Å²) in [6.07, 6.45) is 0. The van der Waals surface area contributed by atoms with E-state index in [1.54, 1.807) is 0 Å². The van der Waals surface area contributed by atoms with Gasteiger partial charge in [-0.3, -0.25) is 14.9 Å². The van der Waals surface area contributed by atoms with Crippen molar-refractivity contribution in [3.8, 4) is 6.07 Å². The van der Waals surface area contributed by atoms with Crippen molar-refractivity contribution in [2.24, 2.45) is 0 Å². The quantitative estimate of drug-likeness (QED) is 0.671. The molecule has 1 aromatic carbocycles. The van der Waals surface area contributed by atoms with Crippen LogP contribution in [0, 0.1) is 21.4 Å². The lowest BCUT2D eigenvalue weighted by Crippen LogP contribution is -2.27. The first-order valence-electron chi connectivity index (χ1n) is 5.85. The number of nitrogens with zero attached hydrogens (tertiary/aromatic N) is 2. The third kappa shape index (κ3) is 4.66. The summed E-state index contributed by atoms with van der Waals surface area (Å²) in [4.78, 5) is 21.7. The van der Waals surface area contributed by atoms with Crippen molar-refractivity contribution in [2.45, 2.75) is 26.4 Å². The number of amides is 1. The average molecular weight is 277 g/mol. The van der Waals surface area contributed by atoms with Crippen LogP contribution in [0.3, 0.4) is 0 Å². The maximum atomic E-state index is 11.7. The largest absolute Gasteiger partial charge is 0.366 e. The van der Waals surface area contributed by atoms with Gasteiger partial charge in [-0.2, -0.15) is 5.26 Å². The lowest BCUT2D eigenvalue weighted by molar-refractivity contribution is -0.384. The highest BCUT2D eigenvalue weighted by atomic mass is 16.6. The number of carbonyl (C=O) groups is 1. The van der Waals surface area contributed by atoms with Crippen LogP contribution in [0.4, 0.5) is 11.4 Å². The molecular formula is C13H15N3O4. The molecule has 0 saturated heterocycles. The highest BCUT2D eigenvalue weighted by Crippen LogP contribution is 2.21. The van der Waals surface area contributed by atoms with Crippen molar-refractivity contribution < 1.29 is 14.5 Å². The Morgan fingerprint density at radius 3 is 2.65 bits per heavy atom. The maximum Gasteiger partial charge on any atom is 0.270 e. The highest BCUT2D eigenvalue weighted by molar-refractivity contribution is 5.93. The molecular weight excluding hydrogens is 262 g/mol. The smallest absolute Gasteiger partial charge is 0.270 e. The molecule has 1 rings (SSSR count). The summed E-state index contributed by atoms with van der Waals surface area (Å²) in [6, 6.07) is 5.47. The Bertz CT molecular complexity index is 570. The Hall–Kier alpha value is -2.46. The van der Waals surface area contributed by atoms with Crippen LogP contribution >= 0.6 is 0 Å². The van der Waals surface area contributed by atoms with Crippen LogP contribution in [0.5, 0.6) is 0 Å². The van der Waals surface area contributed by atoms with Gasteiger partial charge >= 0.3 is 0 Å². The molecule has 0 atom stereocenters. The minimum atomic E-state index is -0.602. The SMILES string of the molecule is CC(C)(C)OCC(=O)Nc1ccc([N+](=O)[O-])cc1C#N. The molecule has 0 aromatic heterocycles. The number of benzene rings is 1. The molecule has 1 amide bonds. The van der Waals surface area contributed by atoms with Gasteiger partial charge in [-0.1, -0.05) is 0 Å². The first-order chi connectivity index (χ1) is 9.23. The van der Waals surface area contributed by atoms with Crippen LogP contribution in [-0.2, 0) is 9.53 Å². The van der Waals surface area contributed by atoms with Crippen molar-refractivity contribution in [1.29, 1.82) is 5.26 Å². The second-order valence-corrected chi connectivity index (χ2v) is 5.05. The topological polar surface area (TPSA) is 105 Å². The molecule has 0 aliphatic carbocycles. The molecule has 0 aliphatic heterocycles. The third-order valence-corrected chi connectivity index (χ3v) is 2.24. The van der Waals surface area contributed by atoms with E-state index in [4.69, 9.17) is 10.00 Å². The van der Waals surface area contributed by atoms with Gasteiger partial charge in [-0.05, 0) is 26.8 Å². The molecule has 20 heavy (non-hydrogen) atoms. The molecule has 7 heteroatoms. The van der Waals surface area contributed by atoms with Crippen molar-refractivity contribution in [2.75, 3.05) is 11.9 Å². The first-order valence-corrected chi connectivity index (χ1v) is 5.85. The van der Waals surface area contributed by atoms with Gasteiger partial charge in [0.1, 0.15) is 12.7 Å². The fourth-order valence-electron chi connectivity index (χ4n) is 1.32. The number of nitro groups is 1. The van der Waals surface area contributed by atoms with Crippen LogP contribution in [0.1, 0.15) is 26.3 Å². The fraction of sp³-hybridized carbons (Fsp3) is 0.385. The second-order valence-electron chi connectivity index (χ2n) is 5.05. The third-order valence-electron chi connectivity index (χ3n) is 2.24. The number of anilines is 1. The molecule has 0 heterocycles.